The van der Waals surface area contributed by atoms with Gasteiger partial charge in [0.05, 0.1) is 12.2 Å². The van der Waals surface area contributed by atoms with Crippen LogP contribution in [0.3, 0.4) is 0 Å². The molecule has 2 aromatic rings. The molecule has 0 radical (unpaired) electrons. The predicted molar refractivity (Wildman–Crippen MR) is 141 cm³/mol. The molecule has 1 aliphatic carbocycles. The molecule has 13 heteroatoms. The molecule has 3 rings (SSSR count). The van der Waals surface area contributed by atoms with Gasteiger partial charge in [-0.05, 0) is 66.5 Å². The minimum atomic E-state index is -3.93. The molecule has 204 valence electrons. The van der Waals surface area contributed by atoms with E-state index in [-0.39, 0.29) is 46.0 Å². The number of esters is 2. The lowest BCUT2D eigenvalue weighted by Gasteiger charge is -2.25. The second-order valence-electron chi connectivity index (χ2n) is 9.64. The number of anilines is 1. The predicted octanol–water partition coefficient (Wildman–Crippen LogP) is 3.65. The van der Waals surface area contributed by atoms with Gasteiger partial charge in [-0.3, -0.25) is 18.9 Å². The van der Waals surface area contributed by atoms with Gasteiger partial charge in [0, 0.05) is 5.92 Å². The van der Waals surface area contributed by atoms with E-state index in [0.717, 1.165) is 30.6 Å². The van der Waals surface area contributed by atoms with Crippen molar-refractivity contribution in [2.75, 3.05) is 5.73 Å². The lowest BCUT2D eigenvalue weighted by Crippen LogP contribution is -2.45. The van der Waals surface area contributed by atoms with Crippen LogP contribution in [0.4, 0.5) is 5.13 Å². The van der Waals surface area contributed by atoms with Gasteiger partial charge in [0.25, 0.3) is 7.44 Å². The topological polar surface area (TPSA) is 163 Å². The number of carbonyl (C=O) groups is 3. The summed E-state index contributed by atoms with van der Waals surface area (Å²) in [6, 6.07) is 0.970. The van der Waals surface area contributed by atoms with Crippen LogP contribution in [0, 0.1) is 5.92 Å². The van der Waals surface area contributed by atoms with Gasteiger partial charge >= 0.3 is 11.9 Å². The Balaban J connectivity index is 1.94. The minimum absolute atomic E-state index is 0.0389. The molecule has 0 amide bonds. The molecular weight excluding hydrogens is 519 g/mol. The summed E-state index contributed by atoms with van der Waals surface area (Å²) in [4.78, 5) is 42.5. The number of rotatable bonds is 12. The molecule has 37 heavy (non-hydrogen) atoms. The van der Waals surface area contributed by atoms with E-state index in [0.29, 0.717) is 4.88 Å². The van der Waals surface area contributed by atoms with Crippen molar-refractivity contribution >= 4 is 47.1 Å². The Morgan fingerprint density at radius 3 is 2.03 bits per heavy atom. The fourth-order valence-corrected chi connectivity index (χ4v) is 6.63. The van der Waals surface area contributed by atoms with E-state index in [1.165, 1.54) is 26.0 Å². The maximum absolute atomic E-state index is 14.2. The quantitative estimate of drug-likeness (QED) is 0.199. The van der Waals surface area contributed by atoms with E-state index in [2.05, 4.69) is 15.2 Å². The van der Waals surface area contributed by atoms with E-state index in [4.69, 9.17) is 19.6 Å². The molecule has 1 aliphatic rings. The van der Waals surface area contributed by atoms with E-state index >= 15 is 0 Å². The molecule has 2 heterocycles. The summed E-state index contributed by atoms with van der Waals surface area (Å²) in [5.41, 5.74) is 6.13. The van der Waals surface area contributed by atoms with Crippen molar-refractivity contribution < 1.29 is 32.8 Å². The van der Waals surface area contributed by atoms with E-state index in [1.807, 2.05) is 0 Å². The average molecular weight is 555 g/mol. The Morgan fingerprint density at radius 1 is 1.03 bits per heavy atom. The van der Waals surface area contributed by atoms with E-state index in [9.17, 15) is 18.9 Å². The molecule has 0 unspecified atom stereocenters. The van der Waals surface area contributed by atoms with Gasteiger partial charge in [-0.15, -0.1) is 0 Å². The zero-order valence-corrected chi connectivity index (χ0v) is 23.6. The summed E-state index contributed by atoms with van der Waals surface area (Å²) < 4.78 is 30.6. The van der Waals surface area contributed by atoms with Crippen LogP contribution < -0.4 is 21.4 Å². The number of nitrogens with two attached hydrogens (primary N) is 1. The highest BCUT2D eigenvalue weighted by Gasteiger charge is 2.37. The standard InChI is InChI=1S/C24H35N4O7PS/c1-12(2)33-22(30)14(5)27-36(32,28-15(6)23(31)34-13(3)4)18-11-10-17(35-18)19-21(37-24(25)26-19)20(29)16-8-7-9-16/h10-16H,7-9H2,1-6H3,(H2,25,26)(H2,27,28,32)/t14-,15-/m0/s1. The summed E-state index contributed by atoms with van der Waals surface area (Å²) >= 11 is 1.09. The Labute approximate surface area is 220 Å². The third kappa shape index (κ3) is 7.07. The molecule has 2 aromatic heterocycles. The van der Waals surface area contributed by atoms with Gasteiger partial charge in [-0.2, -0.15) is 0 Å². The van der Waals surface area contributed by atoms with Crippen molar-refractivity contribution in [1.29, 1.82) is 0 Å². The molecule has 1 saturated carbocycles. The fourth-order valence-electron chi connectivity index (χ4n) is 3.63. The maximum Gasteiger partial charge on any atom is 0.323 e. The number of aromatic nitrogens is 1. The van der Waals surface area contributed by atoms with Gasteiger partial charge in [-0.1, -0.05) is 17.8 Å². The summed E-state index contributed by atoms with van der Waals surface area (Å²) in [6.07, 6.45) is 1.89. The lowest BCUT2D eigenvalue weighted by molar-refractivity contribution is -0.149. The summed E-state index contributed by atoms with van der Waals surface area (Å²) in [7, 11) is -3.93. The first-order valence-electron chi connectivity index (χ1n) is 12.3. The average Bonchev–Trinajstić information content (AvgIpc) is 3.38. The molecule has 0 spiro atoms. The van der Waals surface area contributed by atoms with Crippen LogP contribution in [-0.4, -0.2) is 47.0 Å². The highest BCUT2D eigenvalue weighted by molar-refractivity contribution is 7.67. The number of nitrogen functional groups attached to an aromatic ring is 1. The van der Waals surface area contributed by atoms with Gasteiger partial charge in [-0.25, -0.2) is 15.2 Å². The first-order valence-corrected chi connectivity index (χ1v) is 14.8. The van der Waals surface area contributed by atoms with Crippen molar-refractivity contribution in [2.45, 2.75) is 85.1 Å². The second-order valence-corrected chi connectivity index (χ2v) is 12.8. The van der Waals surface area contributed by atoms with Crippen molar-refractivity contribution in [1.82, 2.24) is 15.2 Å². The molecule has 0 bridgehead atoms. The van der Waals surface area contributed by atoms with E-state index in [1.54, 1.807) is 27.7 Å². The summed E-state index contributed by atoms with van der Waals surface area (Å²) in [6.45, 7) is 9.80. The van der Waals surface area contributed by atoms with Crippen molar-refractivity contribution in [2.24, 2.45) is 5.92 Å². The van der Waals surface area contributed by atoms with Crippen molar-refractivity contribution in [3.63, 3.8) is 0 Å². The largest absolute Gasteiger partial charge is 0.462 e. The molecule has 2 atom stereocenters. The lowest BCUT2D eigenvalue weighted by atomic mass is 9.81. The SMILES string of the molecule is CC(C)OC(=O)[C@H](C)NP(=O)(N[C@@H](C)C(=O)OC(C)C)c1ccc(-c2nc(N)sc2C(=O)C2CCC2)o1. The number of Topliss-reactive ketones (excluding diaryl/α,β-unsaturated/α-hetero) is 1. The van der Waals surface area contributed by atoms with Crippen LogP contribution in [-0.2, 0) is 23.6 Å². The Kier molecular flexibility index (Phi) is 9.33. The number of carbonyl (C=O) groups excluding carboxylic acids is 3. The number of nitrogens with one attached hydrogen (secondary N) is 2. The smallest absolute Gasteiger partial charge is 0.323 e. The normalized spacial score (nSPS) is 15.9. The summed E-state index contributed by atoms with van der Waals surface area (Å²) in [5, 5.41) is 5.73. The number of ether oxygens (including phenoxy) is 2. The number of thiazole rings is 1. The van der Waals surface area contributed by atoms with Crippen LogP contribution in [0.5, 0.6) is 0 Å². The second kappa shape index (κ2) is 11.9. The van der Waals surface area contributed by atoms with Crippen LogP contribution in [0.2, 0.25) is 0 Å². The molecule has 11 nitrogen and oxygen atoms in total. The van der Waals surface area contributed by atoms with Crippen molar-refractivity contribution in [3.8, 4) is 11.5 Å². The van der Waals surface area contributed by atoms with Crippen LogP contribution in [0.25, 0.3) is 11.5 Å². The monoisotopic (exact) mass is 554 g/mol. The van der Waals surface area contributed by atoms with Gasteiger partial charge in [0.2, 0.25) is 0 Å². The first kappa shape index (κ1) is 29.0. The number of furan rings is 1. The highest BCUT2D eigenvalue weighted by Crippen LogP contribution is 2.41. The molecule has 0 saturated heterocycles. The van der Waals surface area contributed by atoms with Crippen LogP contribution in [0.1, 0.15) is 70.5 Å². The zero-order chi connectivity index (χ0) is 27.5. The number of nitrogens with zero attached hydrogens (tertiary/aromatic N) is 1. The maximum atomic E-state index is 14.2. The Bertz CT molecular complexity index is 1150. The third-order valence-corrected chi connectivity index (χ3v) is 8.90. The fraction of sp³-hybridized carbons (Fsp3) is 0.583. The van der Waals surface area contributed by atoms with E-state index < -0.39 is 31.5 Å². The first-order chi connectivity index (χ1) is 17.3. The molecule has 4 N–H and O–H groups in total. The number of ketones is 1. The Morgan fingerprint density at radius 2 is 1.57 bits per heavy atom. The number of hydrogen-bond acceptors (Lipinski definition) is 10. The molecule has 0 aliphatic heterocycles. The molecule has 1 fully saturated rings. The van der Waals surface area contributed by atoms with Crippen LogP contribution in [0.15, 0.2) is 16.5 Å². The van der Waals surface area contributed by atoms with Crippen LogP contribution >= 0.6 is 18.8 Å². The van der Waals surface area contributed by atoms with Gasteiger partial charge in [0.1, 0.15) is 22.7 Å². The van der Waals surface area contributed by atoms with Gasteiger partial charge < -0.3 is 19.6 Å². The zero-order valence-electron chi connectivity index (χ0n) is 21.9. The highest BCUT2D eigenvalue weighted by atomic mass is 32.1. The molecular formula is C24H35N4O7PS. The van der Waals surface area contributed by atoms with Gasteiger partial charge in [0.15, 0.2) is 22.2 Å². The third-order valence-electron chi connectivity index (χ3n) is 5.64. The number of hydrogen-bond donors (Lipinski definition) is 3. The summed E-state index contributed by atoms with van der Waals surface area (Å²) in [5.74, 6) is -1.15. The Hall–Kier alpha value is -2.53. The van der Waals surface area contributed by atoms with Crippen molar-refractivity contribution in [3.05, 3.63) is 17.0 Å². The molecule has 0 aromatic carbocycles. The minimum Gasteiger partial charge on any atom is -0.462 e.